The lowest BCUT2D eigenvalue weighted by Crippen LogP contribution is -2.10. The summed E-state index contributed by atoms with van der Waals surface area (Å²) in [6.07, 6.45) is 0. The molecule has 0 saturated heterocycles. The van der Waals surface area contributed by atoms with Gasteiger partial charge < -0.3 is 4.90 Å². The molecular weight excluding hydrogens is 591 g/mol. The third-order valence-corrected chi connectivity index (χ3v) is 9.63. The van der Waals surface area contributed by atoms with Crippen LogP contribution in [0.4, 0.5) is 17.1 Å². The third kappa shape index (κ3) is 5.42. The lowest BCUT2D eigenvalue weighted by molar-refractivity contribution is 1.28. The molecule has 0 amide bonds. The Labute approximate surface area is 287 Å². The summed E-state index contributed by atoms with van der Waals surface area (Å²) in [6, 6.07) is 72.4. The Hall–Kier alpha value is -6.44. The van der Waals surface area contributed by atoms with Gasteiger partial charge in [0.15, 0.2) is 0 Å². The van der Waals surface area contributed by atoms with Gasteiger partial charge in [-0.3, -0.25) is 0 Å². The zero-order valence-corrected chi connectivity index (χ0v) is 27.0. The maximum atomic E-state index is 2.37. The third-order valence-electron chi connectivity index (χ3n) is 9.63. The molecule has 0 unspecified atom stereocenters. The minimum atomic E-state index is 1.11. The Morgan fingerprint density at radius 3 is 1.35 bits per heavy atom. The van der Waals surface area contributed by atoms with Crippen LogP contribution in [-0.4, -0.2) is 0 Å². The molecule has 0 aromatic heterocycles. The molecule has 0 aliphatic carbocycles. The van der Waals surface area contributed by atoms with Gasteiger partial charge in [0.05, 0.1) is 0 Å². The summed E-state index contributed by atoms with van der Waals surface area (Å²) < 4.78 is 0. The second-order valence-corrected chi connectivity index (χ2v) is 12.6. The molecule has 9 aromatic rings. The highest BCUT2D eigenvalue weighted by atomic mass is 15.1. The van der Waals surface area contributed by atoms with Crippen molar-refractivity contribution in [2.24, 2.45) is 0 Å². The van der Waals surface area contributed by atoms with Crippen LogP contribution in [0.2, 0.25) is 0 Å². The summed E-state index contributed by atoms with van der Waals surface area (Å²) >= 11 is 0. The van der Waals surface area contributed by atoms with Gasteiger partial charge in [-0.25, -0.2) is 0 Å². The van der Waals surface area contributed by atoms with Gasteiger partial charge >= 0.3 is 0 Å². The van der Waals surface area contributed by atoms with Gasteiger partial charge in [0, 0.05) is 17.1 Å². The number of hydrogen-bond acceptors (Lipinski definition) is 1. The van der Waals surface area contributed by atoms with Crippen LogP contribution in [0, 0.1) is 0 Å². The fourth-order valence-corrected chi connectivity index (χ4v) is 7.16. The van der Waals surface area contributed by atoms with Crippen molar-refractivity contribution < 1.29 is 0 Å². The van der Waals surface area contributed by atoms with Crippen LogP contribution in [-0.2, 0) is 0 Å². The summed E-state index contributed by atoms with van der Waals surface area (Å²) in [5.41, 5.74) is 10.5. The SMILES string of the molecule is c1ccc(-c2ccc(N(c3cccc(-c4ccccc4)c3)c3cccc(-c4ccc5ccc6c7ccccc7ccc6c5c4)c3)cc2)cc1. The lowest BCUT2D eigenvalue weighted by atomic mass is 9.94. The monoisotopic (exact) mass is 623 g/mol. The average Bonchev–Trinajstić information content (AvgIpc) is 3.19. The van der Waals surface area contributed by atoms with Crippen molar-refractivity contribution in [2.45, 2.75) is 0 Å². The van der Waals surface area contributed by atoms with Crippen LogP contribution in [0.25, 0.3) is 65.7 Å². The quantitative estimate of drug-likeness (QED) is 0.167. The van der Waals surface area contributed by atoms with E-state index < -0.39 is 0 Å². The Bertz CT molecular complexity index is 2590. The summed E-state index contributed by atoms with van der Waals surface area (Å²) in [5, 5.41) is 7.66. The number of hydrogen-bond donors (Lipinski definition) is 0. The van der Waals surface area contributed by atoms with Gasteiger partial charge in [0.1, 0.15) is 0 Å². The van der Waals surface area contributed by atoms with Gasteiger partial charge in [0.25, 0.3) is 0 Å². The average molecular weight is 624 g/mol. The number of rotatable bonds is 6. The van der Waals surface area contributed by atoms with Crippen molar-refractivity contribution in [3.05, 3.63) is 200 Å². The first-order valence-corrected chi connectivity index (χ1v) is 16.8. The summed E-state index contributed by atoms with van der Waals surface area (Å²) in [6.45, 7) is 0. The summed E-state index contributed by atoms with van der Waals surface area (Å²) in [5.74, 6) is 0. The van der Waals surface area contributed by atoms with E-state index in [-0.39, 0.29) is 0 Å². The van der Waals surface area contributed by atoms with Crippen molar-refractivity contribution in [3.8, 4) is 33.4 Å². The van der Waals surface area contributed by atoms with E-state index in [1.165, 1.54) is 65.7 Å². The summed E-state index contributed by atoms with van der Waals surface area (Å²) in [4.78, 5) is 2.37. The van der Waals surface area contributed by atoms with Crippen molar-refractivity contribution in [1.29, 1.82) is 0 Å². The Morgan fingerprint density at radius 2 is 0.673 bits per heavy atom. The first-order chi connectivity index (χ1) is 24.3. The van der Waals surface area contributed by atoms with E-state index in [1.807, 2.05) is 0 Å². The molecule has 0 N–H and O–H groups in total. The minimum absolute atomic E-state index is 1.11. The molecule has 1 nitrogen and oxygen atoms in total. The molecule has 9 rings (SSSR count). The fraction of sp³-hybridized carbons (Fsp3) is 0. The molecule has 0 aliphatic heterocycles. The molecule has 0 bridgehead atoms. The maximum absolute atomic E-state index is 2.37. The Balaban J connectivity index is 1.17. The summed E-state index contributed by atoms with van der Waals surface area (Å²) in [7, 11) is 0. The highest BCUT2D eigenvalue weighted by Gasteiger charge is 2.15. The van der Waals surface area contributed by atoms with Crippen molar-refractivity contribution in [1.82, 2.24) is 0 Å². The normalized spacial score (nSPS) is 11.3. The van der Waals surface area contributed by atoms with E-state index >= 15 is 0 Å². The first kappa shape index (κ1) is 28.8. The molecule has 0 saturated carbocycles. The molecular formula is C48H33N. The molecule has 9 aromatic carbocycles. The second-order valence-electron chi connectivity index (χ2n) is 12.6. The molecule has 0 radical (unpaired) electrons. The zero-order valence-electron chi connectivity index (χ0n) is 27.0. The predicted octanol–water partition coefficient (Wildman–Crippen LogP) is 13.6. The van der Waals surface area contributed by atoms with E-state index in [4.69, 9.17) is 0 Å². The fourth-order valence-electron chi connectivity index (χ4n) is 7.16. The molecule has 49 heavy (non-hydrogen) atoms. The number of benzene rings is 9. The molecule has 0 aliphatic rings. The zero-order chi connectivity index (χ0) is 32.6. The second kappa shape index (κ2) is 12.3. The minimum Gasteiger partial charge on any atom is -0.310 e. The van der Waals surface area contributed by atoms with Gasteiger partial charge in [-0.2, -0.15) is 0 Å². The number of nitrogens with zero attached hydrogens (tertiary/aromatic N) is 1. The number of fused-ring (bicyclic) bond motifs is 5. The maximum Gasteiger partial charge on any atom is 0.0467 e. The van der Waals surface area contributed by atoms with Gasteiger partial charge in [-0.05, 0) is 108 Å². The van der Waals surface area contributed by atoms with Crippen molar-refractivity contribution >= 4 is 49.4 Å². The lowest BCUT2D eigenvalue weighted by Gasteiger charge is -2.27. The highest BCUT2D eigenvalue weighted by molar-refractivity contribution is 6.17. The van der Waals surface area contributed by atoms with E-state index in [1.54, 1.807) is 0 Å². The van der Waals surface area contributed by atoms with E-state index in [9.17, 15) is 0 Å². The van der Waals surface area contributed by atoms with Crippen molar-refractivity contribution in [3.63, 3.8) is 0 Å². The number of anilines is 3. The van der Waals surface area contributed by atoms with E-state index in [2.05, 4.69) is 205 Å². The van der Waals surface area contributed by atoms with Crippen LogP contribution < -0.4 is 4.90 Å². The smallest absolute Gasteiger partial charge is 0.0467 e. The topological polar surface area (TPSA) is 3.24 Å². The Kier molecular flexibility index (Phi) is 7.22. The molecule has 0 heterocycles. The van der Waals surface area contributed by atoms with Crippen molar-refractivity contribution in [2.75, 3.05) is 4.90 Å². The van der Waals surface area contributed by atoms with Crippen LogP contribution in [0.15, 0.2) is 200 Å². The van der Waals surface area contributed by atoms with Crippen LogP contribution in [0.5, 0.6) is 0 Å². The van der Waals surface area contributed by atoms with Gasteiger partial charge in [-0.15, -0.1) is 0 Å². The molecule has 1 heteroatoms. The van der Waals surface area contributed by atoms with E-state index in [0.29, 0.717) is 0 Å². The van der Waals surface area contributed by atoms with Crippen LogP contribution in [0.1, 0.15) is 0 Å². The molecule has 0 atom stereocenters. The van der Waals surface area contributed by atoms with Gasteiger partial charge in [-0.1, -0.05) is 158 Å². The standard InChI is InChI=1S/C48H33N/c1-3-11-34(12-4-1)36-23-27-42(28-24-36)49(43-18-9-16-39(31-43)35-13-5-2-6-14-35)44-19-10-17-40(32-44)41-22-21-38-26-29-46-45-20-8-7-15-37(45)25-30-47(46)48(38)33-41/h1-33H. The Morgan fingerprint density at radius 1 is 0.224 bits per heavy atom. The highest BCUT2D eigenvalue weighted by Crippen LogP contribution is 2.40. The molecule has 0 spiro atoms. The van der Waals surface area contributed by atoms with E-state index in [0.717, 1.165) is 17.1 Å². The largest absolute Gasteiger partial charge is 0.310 e. The molecule has 0 fully saturated rings. The molecule has 230 valence electrons. The predicted molar refractivity (Wildman–Crippen MR) is 210 cm³/mol. The first-order valence-electron chi connectivity index (χ1n) is 16.8. The van der Waals surface area contributed by atoms with Gasteiger partial charge in [0.2, 0.25) is 0 Å². The van der Waals surface area contributed by atoms with Crippen LogP contribution in [0.3, 0.4) is 0 Å². The van der Waals surface area contributed by atoms with Crippen LogP contribution >= 0.6 is 0 Å².